The molecule has 0 radical (unpaired) electrons. The Morgan fingerprint density at radius 3 is 0.667 bits per heavy atom. The van der Waals surface area contributed by atoms with Gasteiger partial charge in [0.25, 0.3) is 0 Å². The maximum atomic E-state index is 11.9. The Kier molecular flexibility index (Phi) is 52.0. The minimum Gasteiger partial charge on any atom is -0.463 e. The van der Waals surface area contributed by atoms with Crippen molar-refractivity contribution >= 4 is 47.0 Å². The Morgan fingerprint density at radius 2 is 0.472 bits per heavy atom. The molecule has 0 aliphatic rings. The standard InChI is InChI=1S/2C24H43NO11/c2*1-20(26)4-6-22(25-3)24(29)36-19-17-34-15-13-32-11-9-30-8-10-31-12-14-33-16-18-35-23(28)7-5-21(2)27/h2*22,25H,4-19H2,1-3H3. The fourth-order valence-corrected chi connectivity index (χ4v) is 5.15. The normalized spacial score (nSPS) is 11.8. The lowest BCUT2D eigenvalue weighted by Gasteiger charge is -2.14. The van der Waals surface area contributed by atoms with Gasteiger partial charge in [0.1, 0.15) is 61.6 Å². The number of Topliss-reactive ketones (excluding diaryl/α,β-unsaturated/α-hetero) is 4. The first kappa shape index (κ1) is 70.2. The van der Waals surface area contributed by atoms with Gasteiger partial charge >= 0.3 is 23.9 Å². The first-order valence-corrected chi connectivity index (χ1v) is 24.5. The Labute approximate surface area is 425 Å². The minimum absolute atomic E-state index is 0.0323. The van der Waals surface area contributed by atoms with E-state index in [1.165, 1.54) is 27.7 Å². The average Bonchev–Trinajstić information content (AvgIpc) is 3.34. The second kappa shape index (κ2) is 53.4. The molecule has 0 aliphatic heterocycles. The van der Waals surface area contributed by atoms with Crippen LogP contribution < -0.4 is 10.6 Å². The Morgan fingerprint density at radius 1 is 0.278 bits per heavy atom. The molecule has 0 rings (SSSR count). The van der Waals surface area contributed by atoms with Gasteiger partial charge in [-0.1, -0.05) is 0 Å². The van der Waals surface area contributed by atoms with Gasteiger partial charge in [0.05, 0.1) is 145 Å². The van der Waals surface area contributed by atoms with E-state index in [4.69, 9.17) is 66.3 Å². The van der Waals surface area contributed by atoms with E-state index >= 15 is 0 Å². The Bertz CT molecular complexity index is 1300. The van der Waals surface area contributed by atoms with Crippen molar-refractivity contribution < 1.29 is 105 Å². The van der Waals surface area contributed by atoms with E-state index in [9.17, 15) is 38.4 Å². The fraction of sp³-hybridized carbons (Fsp3) is 0.833. The molecule has 0 amide bonds. The number of likely N-dealkylation sites (N-methyl/N-ethyl adjacent to an activating group) is 2. The first-order valence-electron chi connectivity index (χ1n) is 24.5. The zero-order chi connectivity index (χ0) is 53.7. The molecule has 24 nitrogen and oxygen atoms in total. The van der Waals surface area contributed by atoms with Crippen LogP contribution in [-0.4, -0.2) is 232 Å². The summed E-state index contributed by atoms with van der Waals surface area (Å²) in [5.74, 6) is -1.62. The fourth-order valence-electron chi connectivity index (χ4n) is 5.15. The first-order chi connectivity index (χ1) is 34.7. The highest BCUT2D eigenvalue weighted by molar-refractivity contribution is 5.82. The monoisotopic (exact) mass is 1040 g/mol. The quantitative estimate of drug-likeness (QED) is 0.0487. The summed E-state index contributed by atoms with van der Waals surface area (Å²) in [5.41, 5.74) is 0. The second-order valence-electron chi connectivity index (χ2n) is 15.5. The van der Waals surface area contributed by atoms with Gasteiger partial charge < -0.3 is 96.1 Å². The van der Waals surface area contributed by atoms with Crippen LogP contribution in [0.5, 0.6) is 0 Å². The lowest BCUT2D eigenvalue weighted by Crippen LogP contribution is -2.36. The maximum absolute atomic E-state index is 11.9. The van der Waals surface area contributed by atoms with E-state index in [0.717, 1.165) is 0 Å². The summed E-state index contributed by atoms with van der Waals surface area (Å²) in [6.45, 7) is 14.0. The maximum Gasteiger partial charge on any atom is 0.323 e. The number of ketones is 4. The number of nitrogens with one attached hydrogen (secondary N) is 2. The highest BCUT2D eigenvalue weighted by Gasteiger charge is 2.19. The molecule has 2 atom stereocenters. The molecule has 0 saturated carbocycles. The van der Waals surface area contributed by atoms with Gasteiger partial charge in [0.2, 0.25) is 0 Å². The van der Waals surface area contributed by atoms with Gasteiger partial charge in [-0.3, -0.25) is 19.2 Å². The van der Waals surface area contributed by atoms with Crippen molar-refractivity contribution in [1.82, 2.24) is 10.6 Å². The third-order valence-electron chi connectivity index (χ3n) is 9.10. The molecule has 0 spiro atoms. The third-order valence-corrected chi connectivity index (χ3v) is 9.10. The number of carbonyl (C=O) groups excluding carboxylic acids is 8. The van der Waals surface area contributed by atoms with E-state index in [2.05, 4.69) is 10.6 Å². The second-order valence-corrected chi connectivity index (χ2v) is 15.5. The highest BCUT2D eigenvalue weighted by Crippen LogP contribution is 2.02. The summed E-state index contributed by atoms with van der Waals surface area (Å²) in [6.07, 6.45) is 2.05. The largest absolute Gasteiger partial charge is 0.463 e. The third kappa shape index (κ3) is 53.9. The summed E-state index contributed by atoms with van der Waals surface area (Å²) in [6, 6.07) is -0.991. The lowest BCUT2D eigenvalue weighted by atomic mass is 10.1. The van der Waals surface area contributed by atoms with Crippen LogP contribution >= 0.6 is 0 Å². The van der Waals surface area contributed by atoms with E-state index in [1.54, 1.807) is 14.1 Å². The SMILES string of the molecule is CNC(CCC(C)=O)C(=O)OCCOCCOCCOCCOCCOCCOC(=O)CCC(C)=O.CNC(CCC(C)=O)C(=O)OCCOCCOCCOCCOCCOCCOC(=O)CCC(C)=O. The molecule has 2 unspecified atom stereocenters. The number of esters is 4. The topological polar surface area (TPSA) is 290 Å². The van der Waals surface area contributed by atoms with Crippen molar-refractivity contribution in [3.8, 4) is 0 Å². The van der Waals surface area contributed by atoms with Crippen LogP contribution in [0.15, 0.2) is 0 Å². The summed E-state index contributed by atoms with van der Waals surface area (Å²) < 4.78 is 73.6. The molecule has 0 aromatic rings. The summed E-state index contributed by atoms with van der Waals surface area (Å²) in [5, 5.41) is 5.68. The van der Waals surface area contributed by atoms with Gasteiger partial charge in [0.15, 0.2) is 0 Å². The van der Waals surface area contributed by atoms with Crippen molar-refractivity contribution in [1.29, 1.82) is 0 Å². The van der Waals surface area contributed by atoms with Crippen molar-refractivity contribution in [2.24, 2.45) is 0 Å². The highest BCUT2D eigenvalue weighted by atomic mass is 16.6. The van der Waals surface area contributed by atoms with Gasteiger partial charge in [-0.05, 0) is 54.6 Å². The molecule has 24 heteroatoms. The number of ether oxygens (including phenoxy) is 14. The number of hydrogen-bond acceptors (Lipinski definition) is 24. The molecule has 420 valence electrons. The number of rotatable bonds is 52. The average molecular weight is 1040 g/mol. The van der Waals surface area contributed by atoms with Crippen LogP contribution in [0.4, 0.5) is 0 Å². The van der Waals surface area contributed by atoms with Gasteiger partial charge in [-0.15, -0.1) is 0 Å². The molecular formula is C48H86N2O22. The van der Waals surface area contributed by atoms with Gasteiger partial charge in [0, 0.05) is 25.7 Å². The van der Waals surface area contributed by atoms with Gasteiger partial charge in [-0.2, -0.15) is 0 Å². The molecule has 0 aromatic carbocycles. The predicted molar refractivity (Wildman–Crippen MR) is 257 cm³/mol. The predicted octanol–water partition coefficient (Wildman–Crippen LogP) is 0.964. The van der Waals surface area contributed by atoms with E-state index in [-0.39, 0.29) is 102 Å². The zero-order valence-electron chi connectivity index (χ0n) is 43.8. The number of hydrogen-bond donors (Lipinski definition) is 2. The molecule has 0 aliphatic carbocycles. The molecule has 0 fully saturated rings. The molecule has 0 saturated heterocycles. The van der Waals surface area contributed by atoms with Crippen LogP contribution in [0.3, 0.4) is 0 Å². The molecule has 0 bridgehead atoms. The molecule has 2 N–H and O–H groups in total. The van der Waals surface area contributed by atoms with Gasteiger partial charge in [-0.25, -0.2) is 0 Å². The summed E-state index contributed by atoms with van der Waals surface area (Å²) >= 11 is 0. The van der Waals surface area contributed by atoms with Crippen LogP contribution in [0.25, 0.3) is 0 Å². The zero-order valence-corrected chi connectivity index (χ0v) is 43.8. The number of carbonyl (C=O) groups is 8. The minimum atomic E-state index is -0.496. The van der Waals surface area contributed by atoms with E-state index in [0.29, 0.717) is 131 Å². The lowest BCUT2D eigenvalue weighted by molar-refractivity contribution is -0.149. The summed E-state index contributed by atoms with van der Waals surface area (Å²) in [7, 11) is 3.30. The van der Waals surface area contributed by atoms with Crippen LogP contribution in [0.1, 0.15) is 79.1 Å². The van der Waals surface area contributed by atoms with Crippen LogP contribution in [-0.2, 0) is 105 Å². The molecule has 0 heterocycles. The molecule has 72 heavy (non-hydrogen) atoms. The Hall–Kier alpha value is -3.92. The molecule has 0 aromatic heterocycles. The van der Waals surface area contributed by atoms with Crippen molar-refractivity contribution in [2.75, 3.05) is 173 Å². The smallest absolute Gasteiger partial charge is 0.323 e. The van der Waals surface area contributed by atoms with E-state index < -0.39 is 36.0 Å². The van der Waals surface area contributed by atoms with E-state index in [1.807, 2.05) is 0 Å². The molecular weight excluding hydrogens is 957 g/mol. The van der Waals surface area contributed by atoms with Crippen LogP contribution in [0.2, 0.25) is 0 Å². The van der Waals surface area contributed by atoms with Crippen molar-refractivity contribution in [3.05, 3.63) is 0 Å². The Balaban J connectivity index is 0. The summed E-state index contributed by atoms with van der Waals surface area (Å²) in [4.78, 5) is 89.9. The van der Waals surface area contributed by atoms with Crippen molar-refractivity contribution in [3.63, 3.8) is 0 Å². The van der Waals surface area contributed by atoms with Crippen molar-refractivity contribution in [2.45, 2.75) is 91.1 Å². The van der Waals surface area contributed by atoms with Crippen LogP contribution in [0, 0.1) is 0 Å².